The van der Waals surface area contributed by atoms with Crippen molar-refractivity contribution in [2.24, 2.45) is 0 Å². The maximum atomic E-state index is 11.9. The molecule has 4 nitrogen and oxygen atoms in total. The second-order valence-corrected chi connectivity index (χ2v) is 4.17. The van der Waals surface area contributed by atoms with Gasteiger partial charge in [0, 0.05) is 5.56 Å². The Morgan fingerprint density at radius 3 is 2.29 bits per heavy atom. The molecule has 0 saturated carbocycles. The van der Waals surface area contributed by atoms with Crippen LogP contribution in [0.2, 0.25) is 0 Å². The number of hydrogen-bond acceptors (Lipinski definition) is 4. The Hall–Kier alpha value is -2.75. The Labute approximate surface area is 123 Å². The van der Waals surface area contributed by atoms with Gasteiger partial charge in [-0.2, -0.15) is 0 Å². The van der Waals surface area contributed by atoms with Crippen molar-refractivity contribution in [3.63, 3.8) is 0 Å². The third-order valence-corrected chi connectivity index (χ3v) is 2.79. The van der Waals surface area contributed by atoms with Crippen molar-refractivity contribution in [1.82, 2.24) is 0 Å². The highest BCUT2D eigenvalue weighted by Crippen LogP contribution is 2.30. The van der Waals surface area contributed by atoms with Gasteiger partial charge in [-0.3, -0.25) is 0 Å². The number of rotatable bonds is 5. The van der Waals surface area contributed by atoms with Crippen molar-refractivity contribution < 1.29 is 19.0 Å². The van der Waals surface area contributed by atoms with E-state index < -0.39 is 5.97 Å². The Morgan fingerprint density at radius 1 is 0.952 bits per heavy atom. The maximum Gasteiger partial charge on any atom is 0.341 e. The van der Waals surface area contributed by atoms with Gasteiger partial charge in [0.1, 0.15) is 17.1 Å². The smallest absolute Gasteiger partial charge is 0.341 e. The minimum Gasteiger partial charge on any atom is -0.503 e. The normalized spacial score (nSPS) is 10.9. The Morgan fingerprint density at radius 2 is 1.62 bits per heavy atom. The summed E-state index contributed by atoms with van der Waals surface area (Å²) in [5.74, 6) is 0.755. The zero-order valence-electron chi connectivity index (χ0n) is 11.9. The summed E-state index contributed by atoms with van der Waals surface area (Å²) in [6.45, 7) is 0. The van der Waals surface area contributed by atoms with Crippen LogP contribution in [0.3, 0.4) is 0 Å². The highest BCUT2D eigenvalue weighted by molar-refractivity contribution is 6.17. The van der Waals surface area contributed by atoms with E-state index in [1.54, 1.807) is 12.1 Å². The molecule has 2 aromatic rings. The first kappa shape index (κ1) is 14.7. The average Bonchev–Trinajstić information content (AvgIpc) is 2.54. The van der Waals surface area contributed by atoms with Gasteiger partial charge >= 0.3 is 5.97 Å². The van der Waals surface area contributed by atoms with Crippen molar-refractivity contribution in [2.75, 3.05) is 14.2 Å². The predicted octanol–water partition coefficient (Wildman–Crippen LogP) is 3.64. The van der Waals surface area contributed by atoms with Crippen LogP contribution in [-0.4, -0.2) is 20.2 Å². The highest BCUT2D eigenvalue weighted by Gasteiger charge is 2.17. The van der Waals surface area contributed by atoms with E-state index in [1.807, 2.05) is 42.5 Å². The van der Waals surface area contributed by atoms with Crippen LogP contribution in [0.4, 0.5) is 0 Å². The second kappa shape index (κ2) is 7.14. The fourth-order valence-corrected chi connectivity index (χ4v) is 1.84. The van der Waals surface area contributed by atoms with E-state index >= 15 is 0 Å². The zero-order chi connectivity index (χ0) is 15.1. The number of ether oxygens (including phenoxy) is 3. The van der Waals surface area contributed by atoms with Crippen molar-refractivity contribution in [2.45, 2.75) is 0 Å². The second-order valence-electron chi connectivity index (χ2n) is 4.17. The molecule has 21 heavy (non-hydrogen) atoms. The molecule has 0 spiro atoms. The van der Waals surface area contributed by atoms with E-state index in [4.69, 9.17) is 14.2 Å². The lowest BCUT2D eigenvalue weighted by molar-refractivity contribution is -0.133. The largest absolute Gasteiger partial charge is 0.503 e. The van der Waals surface area contributed by atoms with Gasteiger partial charge in [0.15, 0.2) is 0 Å². The molecule has 0 fully saturated rings. The monoisotopic (exact) mass is 284 g/mol. The highest BCUT2D eigenvalue weighted by atomic mass is 16.5. The molecule has 2 rings (SSSR count). The summed E-state index contributed by atoms with van der Waals surface area (Å²) >= 11 is 0. The molecule has 0 atom stereocenters. The van der Waals surface area contributed by atoms with Gasteiger partial charge in [0.2, 0.25) is 0 Å². The number of hydrogen-bond donors (Lipinski definition) is 0. The maximum absolute atomic E-state index is 11.9. The van der Waals surface area contributed by atoms with E-state index in [-0.39, 0.29) is 0 Å². The van der Waals surface area contributed by atoms with Gasteiger partial charge in [-0.1, -0.05) is 36.4 Å². The molecule has 108 valence electrons. The molecule has 0 aliphatic carbocycles. The summed E-state index contributed by atoms with van der Waals surface area (Å²) in [7, 11) is 2.80. The van der Waals surface area contributed by atoms with Crippen molar-refractivity contribution in [1.29, 1.82) is 0 Å². The summed E-state index contributed by atoms with van der Waals surface area (Å²) in [5.41, 5.74) is 0.904. The van der Waals surface area contributed by atoms with E-state index in [2.05, 4.69) is 0 Å². The third-order valence-electron chi connectivity index (χ3n) is 2.79. The van der Waals surface area contributed by atoms with E-state index in [0.29, 0.717) is 22.6 Å². The van der Waals surface area contributed by atoms with Gasteiger partial charge in [-0.25, -0.2) is 4.79 Å². The quantitative estimate of drug-likeness (QED) is 0.477. The number of para-hydroxylation sites is 2. The molecule has 0 aliphatic heterocycles. The average molecular weight is 284 g/mol. The van der Waals surface area contributed by atoms with Gasteiger partial charge in [0.25, 0.3) is 0 Å². The molecule has 0 unspecified atom stereocenters. The first-order chi connectivity index (χ1) is 10.3. The molecule has 2 aromatic carbocycles. The van der Waals surface area contributed by atoms with Crippen LogP contribution < -0.4 is 4.74 Å². The lowest BCUT2D eigenvalue weighted by Crippen LogP contribution is -2.05. The number of methoxy groups -OCH3 is 2. The third kappa shape index (κ3) is 3.63. The van der Waals surface area contributed by atoms with Crippen LogP contribution in [0, 0.1) is 0 Å². The number of benzene rings is 2. The van der Waals surface area contributed by atoms with Gasteiger partial charge in [0.05, 0.1) is 20.5 Å². The molecule has 0 saturated heterocycles. The Balaban J connectivity index is 2.40. The lowest BCUT2D eigenvalue weighted by Gasteiger charge is -2.12. The number of carbonyl (C=O) groups excluding carboxylic acids is 1. The van der Waals surface area contributed by atoms with Crippen LogP contribution in [0.15, 0.2) is 60.9 Å². The van der Waals surface area contributed by atoms with Crippen molar-refractivity contribution >= 4 is 11.5 Å². The molecule has 4 heteroatoms. The van der Waals surface area contributed by atoms with E-state index in [1.165, 1.54) is 20.5 Å². The first-order valence-electron chi connectivity index (χ1n) is 6.40. The summed E-state index contributed by atoms with van der Waals surface area (Å²) in [6.07, 6.45) is 1.35. The minimum atomic E-state index is -0.485. The standard InChI is InChI=1S/C17H16O4/c1-19-12-15(17(18)20-2)14-10-6-7-11-16(14)21-13-8-4-3-5-9-13/h3-12H,1-2H3/b15-12-. The summed E-state index contributed by atoms with van der Waals surface area (Å²) < 4.78 is 15.6. The van der Waals surface area contributed by atoms with E-state index in [9.17, 15) is 4.79 Å². The van der Waals surface area contributed by atoms with Crippen molar-refractivity contribution in [3.8, 4) is 11.5 Å². The molecular formula is C17H16O4. The topological polar surface area (TPSA) is 44.8 Å². The molecule has 0 N–H and O–H groups in total. The molecule has 0 aromatic heterocycles. The molecule has 0 radical (unpaired) electrons. The molecule has 0 amide bonds. The van der Waals surface area contributed by atoms with Crippen LogP contribution in [0.1, 0.15) is 5.56 Å². The summed E-state index contributed by atoms with van der Waals surface area (Å²) in [6, 6.07) is 16.6. The fourth-order valence-electron chi connectivity index (χ4n) is 1.84. The fraction of sp³-hybridized carbons (Fsp3) is 0.118. The predicted molar refractivity (Wildman–Crippen MR) is 80.0 cm³/mol. The van der Waals surface area contributed by atoms with Crippen LogP contribution in [0.25, 0.3) is 5.57 Å². The molecule has 0 bridgehead atoms. The zero-order valence-corrected chi connectivity index (χ0v) is 11.9. The van der Waals surface area contributed by atoms with Gasteiger partial charge in [-0.05, 0) is 18.2 Å². The Bertz CT molecular complexity index is 632. The van der Waals surface area contributed by atoms with Crippen LogP contribution in [0.5, 0.6) is 11.5 Å². The van der Waals surface area contributed by atoms with Crippen molar-refractivity contribution in [3.05, 3.63) is 66.4 Å². The van der Waals surface area contributed by atoms with Gasteiger partial charge in [-0.15, -0.1) is 0 Å². The summed E-state index contributed by atoms with van der Waals surface area (Å²) in [5, 5.41) is 0. The molecular weight excluding hydrogens is 268 g/mol. The SMILES string of the molecule is CO/C=C(\C(=O)OC)c1ccccc1Oc1ccccc1. The summed E-state index contributed by atoms with van der Waals surface area (Å²) in [4.78, 5) is 11.9. The molecule has 0 heterocycles. The number of esters is 1. The Kier molecular flexibility index (Phi) is 4.99. The van der Waals surface area contributed by atoms with Crippen LogP contribution in [-0.2, 0) is 14.3 Å². The number of carbonyl (C=O) groups is 1. The van der Waals surface area contributed by atoms with Crippen LogP contribution >= 0.6 is 0 Å². The van der Waals surface area contributed by atoms with Gasteiger partial charge < -0.3 is 14.2 Å². The molecule has 0 aliphatic rings. The minimum absolute atomic E-state index is 0.298. The first-order valence-corrected chi connectivity index (χ1v) is 6.40. The lowest BCUT2D eigenvalue weighted by atomic mass is 10.1. The van der Waals surface area contributed by atoms with E-state index in [0.717, 1.165) is 0 Å².